The lowest BCUT2D eigenvalue weighted by molar-refractivity contribution is 0.355. The van der Waals surface area contributed by atoms with Crippen molar-refractivity contribution < 1.29 is 27.8 Å². The van der Waals surface area contributed by atoms with Gasteiger partial charge in [0.15, 0.2) is 28.6 Å². The molecule has 0 saturated carbocycles. The van der Waals surface area contributed by atoms with E-state index >= 15 is 0 Å². The van der Waals surface area contributed by atoms with Crippen LogP contribution < -0.4 is 30.2 Å². The van der Waals surface area contributed by atoms with Gasteiger partial charge in [0.05, 0.1) is 45.0 Å². The minimum atomic E-state index is -0.541. The molecule has 0 spiro atoms. The smallest absolute Gasteiger partial charge is 0.344 e. The molecule has 5 aromatic carbocycles. The van der Waals surface area contributed by atoms with Crippen LogP contribution in [0.5, 0.6) is 23.0 Å². The quantitative estimate of drug-likeness (QED) is 0.103. The molecule has 8 heteroatoms. The second-order valence-corrected chi connectivity index (χ2v) is 11.8. The van der Waals surface area contributed by atoms with Crippen LogP contribution in [0.15, 0.2) is 128 Å². The van der Waals surface area contributed by atoms with Crippen molar-refractivity contribution in [2.24, 2.45) is 0 Å². The molecule has 0 N–H and O–H groups in total. The SMILES string of the molecule is COc1ccc(/C=C/c2c(-c3ccccc3)c(=O)oc3c2ccc2oc(=O)c(-c4ccccc4)c(/C=C/c4ccc(OC)c(OC)c4)c23)cc1OC. The topological polar surface area (TPSA) is 97.3 Å². The van der Waals surface area contributed by atoms with Crippen LogP contribution in [0.2, 0.25) is 0 Å². The van der Waals surface area contributed by atoms with E-state index in [1.54, 1.807) is 34.5 Å². The van der Waals surface area contributed by atoms with Crippen molar-refractivity contribution in [1.29, 1.82) is 0 Å². The zero-order chi connectivity index (χ0) is 36.2. The van der Waals surface area contributed by atoms with E-state index < -0.39 is 11.3 Å². The molecule has 2 heterocycles. The highest BCUT2D eigenvalue weighted by Crippen LogP contribution is 2.38. The van der Waals surface area contributed by atoms with E-state index in [0.29, 0.717) is 67.2 Å². The predicted octanol–water partition coefficient (Wildman–Crippen LogP) is 9.61. The molecule has 0 aliphatic carbocycles. The first-order chi connectivity index (χ1) is 25.4. The van der Waals surface area contributed by atoms with Gasteiger partial charge in [0, 0.05) is 16.5 Å². The standard InChI is InChI=1S/C44H34O8/c1-47-34-22-17-27(25-37(34)49-3)15-19-31-32-21-24-36-41(42(32)52-44(46)39(31)29-11-7-5-8-12-29)33(40(43(45)51-36)30-13-9-6-10-14-30)20-16-28-18-23-35(48-2)38(26-28)50-4/h5-26H,1-4H3/b19-15+,20-16+. The molecule has 0 saturated heterocycles. The predicted molar refractivity (Wildman–Crippen MR) is 206 cm³/mol. The van der Waals surface area contributed by atoms with E-state index in [9.17, 15) is 9.59 Å². The minimum Gasteiger partial charge on any atom is -0.493 e. The number of rotatable bonds is 10. The van der Waals surface area contributed by atoms with Gasteiger partial charge in [-0.2, -0.15) is 0 Å². The molecule has 7 aromatic rings. The highest BCUT2D eigenvalue weighted by Gasteiger charge is 2.22. The highest BCUT2D eigenvalue weighted by atomic mass is 16.5. The Bertz CT molecular complexity index is 2600. The minimum absolute atomic E-state index is 0.273. The first kappa shape index (κ1) is 33.7. The number of benzene rings is 5. The molecule has 8 nitrogen and oxygen atoms in total. The summed E-state index contributed by atoms with van der Waals surface area (Å²) in [5, 5.41) is 1.13. The van der Waals surface area contributed by atoms with E-state index in [4.69, 9.17) is 27.8 Å². The summed E-state index contributed by atoms with van der Waals surface area (Å²) in [6.07, 6.45) is 7.51. The fraction of sp³-hybridized carbons (Fsp3) is 0.0909. The van der Waals surface area contributed by atoms with Crippen LogP contribution in [0.25, 0.3) is 68.5 Å². The Labute approximate surface area is 299 Å². The second-order valence-electron chi connectivity index (χ2n) is 11.8. The molecular formula is C44H34O8. The fourth-order valence-corrected chi connectivity index (χ4v) is 6.37. The number of methoxy groups -OCH3 is 4. The van der Waals surface area contributed by atoms with Crippen molar-refractivity contribution in [2.45, 2.75) is 0 Å². The Morgan fingerprint density at radius 1 is 0.481 bits per heavy atom. The molecule has 0 unspecified atom stereocenters. The molecule has 0 amide bonds. The summed E-state index contributed by atoms with van der Waals surface area (Å²) in [6, 6.07) is 33.3. The zero-order valence-corrected chi connectivity index (χ0v) is 29.0. The molecule has 7 rings (SSSR count). The van der Waals surface area contributed by atoms with E-state index in [0.717, 1.165) is 11.1 Å². The average Bonchev–Trinajstić information content (AvgIpc) is 3.18. The van der Waals surface area contributed by atoms with Gasteiger partial charge >= 0.3 is 11.3 Å². The fourth-order valence-electron chi connectivity index (χ4n) is 6.37. The van der Waals surface area contributed by atoms with Gasteiger partial charge in [-0.1, -0.05) is 97.1 Å². The molecule has 0 aliphatic rings. The van der Waals surface area contributed by atoms with Gasteiger partial charge in [-0.05, 0) is 58.7 Å². The van der Waals surface area contributed by atoms with Gasteiger partial charge in [0.25, 0.3) is 0 Å². The lowest BCUT2D eigenvalue weighted by Crippen LogP contribution is -2.09. The Morgan fingerprint density at radius 2 is 0.962 bits per heavy atom. The molecule has 0 radical (unpaired) electrons. The summed E-state index contributed by atoms with van der Waals surface area (Å²) in [4.78, 5) is 27.9. The molecule has 0 atom stereocenters. The van der Waals surface area contributed by atoms with Crippen LogP contribution in [0.1, 0.15) is 22.3 Å². The summed E-state index contributed by atoms with van der Waals surface area (Å²) in [5.74, 6) is 2.32. The maximum absolute atomic E-state index is 14.2. The molecule has 52 heavy (non-hydrogen) atoms. The summed E-state index contributed by atoms with van der Waals surface area (Å²) >= 11 is 0. The van der Waals surface area contributed by atoms with Gasteiger partial charge in [-0.25, -0.2) is 9.59 Å². The number of hydrogen-bond acceptors (Lipinski definition) is 8. The van der Waals surface area contributed by atoms with Crippen LogP contribution >= 0.6 is 0 Å². The lowest BCUT2D eigenvalue weighted by atomic mass is 9.93. The van der Waals surface area contributed by atoms with Gasteiger partial charge in [-0.3, -0.25) is 0 Å². The maximum atomic E-state index is 14.2. The van der Waals surface area contributed by atoms with Crippen molar-refractivity contribution in [1.82, 2.24) is 0 Å². The van der Waals surface area contributed by atoms with Crippen molar-refractivity contribution >= 4 is 46.2 Å². The van der Waals surface area contributed by atoms with Crippen molar-refractivity contribution in [2.75, 3.05) is 28.4 Å². The van der Waals surface area contributed by atoms with E-state index in [2.05, 4.69) is 0 Å². The zero-order valence-electron chi connectivity index (χ0n) is 29.0. The summed E-state index contributed by atoms with van der Waals surface area (Å²) in [7, 11) is 6.32. The second kappa shape index (κ2) is 14.6. The number of hydrogen-bond donors (Lipinski definition) is 0. The van der Waals surface area contributed by atoms with Crippen LogP contribution in [0.3, 0.4) is 0 Å². The third kappa shape index (κ3) is 6.33. The number of ether oxygens (including phenoxy) is 4. The summed E-state index contributed by atoms with van der Waals surface area (Å²) in [5.41, 5.74) is 4.35. The first-order valence-corrected chi connectivity index (χ1v) is 16.5. The third-order valence-corrected chi connectivity index (χ3v) is 8.85. The van der Waals surface area contributed by atoms with E-state index in [1.807, 2.05) is 127 Å². The van der Waals surface area contributed by atoms with Gasteiger partial charge in [0.2, 0.25) is 0 Å². The monoisotopic (exact) mass is 690 g/mol. The molecule has 258 valence electrons. The van der Waals surface area contributed by atoms with Crippen LogP contribution in [-0.4, -0.2) is 28.4 Å². The lowest BCUT2D eigenvalue weighted by Gasteiger charge is -2.14. The summed E-state index contributed by atoms with van der Waals surface area (Å²) < 4.78 is 34.1. The molecular weight excluding hydrogens is 656 g/mol. The number of fused-ring (bicyclic) bond motifs is 3. The average molecular weight is 691 g/mol. The van der Waals surface area contributed by atoms with Crippen molar-refractivity contribution in [3.8, 4) is 45.3 Å². The Hall–Kier alpha value is -6.80. The van der Waals surface area contributed by atoms with Crippen LogP contribution in [-0.2, 0) is 0 Å². The van der Waals surface area contributed by atoms with Crippen LogP contribution in [0, 0.1) is 0 Å². The van der Waals surface area contributed by atoms with E-state index in [-0.39, 0.29) is 11.2 Å². The normalized spacial score (nSPS) is 11.5. The summed E-state index contributed by atoms with van der Waals surface area (Å²) in [6.45, 7) is 0. The molecule has 2 aromatic heterocycles. The molecule has 0 fully saturated rings. The van der Waals surface area contributed by atoms with Crippen molar-refractivity contribution in [3.05, 3.63) is 152 Å². The maximum Gasteiger partial charge on any atom is 0.344 e. The Balaban J connectivity index is 1.54. The van der Waals surface area contributed by atoms with Gasteiger partial charge < -0.3 is 27.8 Å². The van der Waals surface area contributed by atoms with Gasteiger partial charge in [0.1, 0.15) is 5.58 Å². The van der Waals surface area contributed by atoms with Crippen molar-refractivity contribution in [3.63, 3.8) is 0 Å². The largest absolute Gasteiger partial charge is 0.493 e. The Morgan fingerprint density at radius 3 is 1.48 bits per heavy atom. The third-order valence-electron chi connectivity index (χ3n) is 8.85. The highest BCUT2D eigenvalue weighted by molar-refractivity contribution is 6.12. The molecule has 0 bridgehead atoms. The molecule has 0 aliphatic heterocycles. The van der Waals surface area contributed by atoms with Gasteiger partial charge in [-0.15, -0.1) is 0 Å². The van der Waals surface area contributed by atoms with E-state index in [1.165, 1.54) is 0 Å². The van der Waals surface area contributed by atoms with Crippen LogP contribution in [0.4, 0.5) is 0 Å². The first-order valence-electron chi connectivity index (χ1n) is 16.5. The Kier molecular flexibility index (Phi) is 9.45.